The lowest BCUT2D eigenvalue weighted by molar-refractivity contribution is -0.0644. The van der Waals surface area contributed by atoms with Crippen molar-refractivity contribution in [3.05, 3.63) is 155 Å². The lowest BCUT2D eigenvalue weighted by Gasteiger charge is -2.34. The molecule has 6 aromatic carbocycles. The van der Waals surface area contributed by atoms with Crippen LogP contribution in [0.1, 0.15) is 61.8 Å². The normalized spacial score (nSPS) is 13.8. The molecule has 0 spiro atoms. The smallest absolute Gasteiger partial charge is 0.127 e. The molecule has 55 heavy (non-hydrogen) atoms. The molecule has 0 fully saturated rings. The number of hydrogen-bond acceptors (Lipinski definition) is 5. The first-order valence-electron chi connectivity index (χ1n) is 18.5. The number of hydrogen-bond donors (Lipinski definition) is 0. The average molecular weight is 755 g/mol. The van der Waals surface area contributed by atoms with Crippen LogP contribution in [0.5, 0.6) is 11.5 Å². The zero-order valence-electron chi connectivity index (χ0n) is 31.6. The fourth-order valence-electron chi connectivity index (χ4n) is 7.22. The van der Waals surface area contributed by atoms with Gasteiger partial charge < -0.3 is 23.7 Å². The van der Waals surface area contributed by atoms with Crippen LogP contribution in [0.3, 0.4) is 0 Å². The maximum absolute atomic E-state index is 15.0. The molecule has 0 aliphatic heterocycles. The van der Waals surface area contributed by atoms with Gasteiger partial charge in [-0.25, -0.2) is 17.6 Å². The second-order valence-electron chi connectivity index (χ2n) is 13.8. The number of halogens is 4. The van der Waals surface area contributed by atoms with Crippen LogP contribution in [0.4, 0.5) is 17.6 Å². The van der Waals surface area contributed by atoms with Gasteiger partial charge in [0.1, 0.15) is 48.0 Å². The molecule has 5 nitrogen and oxygen atoms in total. The Kier molecular flexibility index (Phi) is 12.8. The molecule has 0 aromatic heterocycles. The standard InChI is InChI=1S/C46H46F4O5/c1-5-45(51-3,37-23-41(49)27-43(25-37)54-29-31-7-9-33-11-13-39(47)21-35(33)19-31)15-17-53-18-16-46(6-2,52-4)38-24-42(50)28-44(26-38)55-30-32-8-10-34-12-14-40(48)22-36(34)20-32/h7-14,19-28H,5-6,15-18,29-30H2,1-4H3. The molecular formula is C46H46F4O5. The molecule has 2 atom stereocenters. The van der Waals surface area contributed by atoms with Gasteiger partial charge in [-0.3, -0.25) is 0 Å². The summed E-state index contributed by atoms with van der Waals surface area (Å²) in [5, 5.41) is 3.35. The van der Waals surface area contributed by atoms with Gasteiger partial charge in [-0.15, -0.1) is 0 Å². The van der Waals surface area contributed by atoms with Crippen molar-refractivity contribution in [3.8, 4) is 11.5 Å². The van der Waals surface area contributed by atoms with E-state index in [9.17, 15) is 8.78 Å². The average Bonchev–Trinajstić information content (AvgIpc) is 3.18. The molecule has 9 heteroatoms. The topological polar surface area (TPSA) is 46.2 Å². The van der Waals surface area contributed by atoms with Gasteiger partial charge in [0.15, 0.2) is 0 Å². The van der Waals surface area contributed by atoms with Crippen LogP contribution in [0.25, 0.3) is 21.5 Å². The number of benzene rings is 6. The third-order valence-corrected chi connectivity index (χ3v) is 10.6. The first-order chi connectivity index (χ1) is 26.6. The summed E-state index contributed by atoms with van der Waals surface area (Å²) in [7, 11) is 3.19. The number of fused-ring (bicyclic) bond motifs is 2. The maximum atomic E-state index is 15.0. The molecule has 0 N–H and O–H groups in total. The monoisotopic (exact) mass is 754 g/mol. The quantitative estimate of drug-likeness (QED) is 0.0646. The van der Waals surface area contributed by atoms with E-state index in [4.69, 9.17) is 23.7 Å². The molecule has 288 valence electrons. The van der Waals surface area contributed by atoms with Crippen molar-refractivity contribution in [1.82, 2.24) is 0 Å². The highest BCUT2D eigenvalue weighted by molar-refractivity contribution is 5.83. The fraction of sp³-hybridized carbons (Fsp3) is 0.304. The Morgan fingerprint density at radius 2 is 0.873 bits per heavy atom. The predicted octanol–water partition coefficient (Wildman–Crippen LogP) is 11.7. The van der Waals surface area contributed by atoms with Crippen LogP contribution >= 0.6 is 0 Å². The summed E-state index contributed by atoms with van der Waals surface area (Å²) < 4.78 is 87.9. The summed E-state index contributed by atoms with van der Waals surface area (Å²) in [5.74, 6) is -0.840. The summed E-state index contributed by atoms with van der Waals surface area (Å²) in [6.07, 6.45) is 1.96. The van der Waals surface area contributed by atoms with Gasteiger partial charge in [-0.2, -0.15) is 0 Å². The SMILES string of the molecule is CCC(CCOCCC(CC)(OC)c1cc(F)cc(OCc2ccc3ccc(F)cc3c2)c1)(OC)c1cc(F)cc(OCc2ccc3ccc(F)cc3c2)c1. The third-order valence-electron chi connectivity index (χ3n) is 10.6. The first-order valence-corrected chi connectivity index (χ1v) is 18.5. The van der Waals surface area contributed by atoms with Crippen LogP contribution < -0.4 is 9.47 Å². The molecule has 0 saturated carbocycles. The summed E-state index contributed by atoms with van der Waals surface area (Å²) in [6, 6.07) is 29.7. The van der Waals surface area contributed by atoms with Crippen molar-refractivity contribution in [2.45, 2.75) is 63.9 Å². The van der Waals surface area contributed by atoms with Crippen LogP contribution in [0, 0.1) is 23.3 Å². The molecule has 0 saturated heterocycles. The van der Waals surface area contributed by atoms with E-state index in [0.29, 0.717) is 61.5 Å². The summed E-state index contributed by atoms with van der Waals surface area (Å²) in [5.41, 5.74) is 1.20. The van der Waals surface area contributed by atoms with E-state index in [-0.39, 0.29) is 24.8 Å². The second kappa shape index (κ2) is 17.7. The minimum atomic E-state index is -0.849. The van der Waals surface area contributed by atoms with E-state index in [2.05, 4.69) is 0 Å². The Bertz CT molecular complexity index is 2070. The minimum absolute atomic E-state index is 0.176. The van der Waals surface area contributed by atoms with E-state index in [0.717, 1.165) is 32.7 Å². The van der Waals surface area contributed by atoms with Gasteiger partial charge in [0.25, 0.3) is 0 Å². The van der Waals surface area contributed by atoms with Crippen molar-refractivity contribution < 1.29 is 41.2 Å². The predicted molar refractivity (Wildman–Crippen MR) is 207 cm³/mol. The number of methoxy groups -OCH3 is 2. The van der Waals surface area contributed by atoms with Gasteiger partial charge in [0.05, 0.1) is 11.2 Å². The van der Waals surface area contributed by atoms with Gasteiger partial charge in [-0.1, -0.05) is 50.2 Å². The molecular weight excluding hydrogens is 708 g/mol. The van der Waals surface area contributed by atoms with Crippen molar-refractivity contribution >= 4 is 21.5 Å². The van der Waals surface area contributed by atoms with E-state index in [1.54, 1.807) is 38.5 Å². The molecule has 6 rings (SSSR count). The van der Waals surface area contributed by atoms with E-state index >= 15 is 8.78 Å². The Labute approximate surface area is 319 Å². The second-order valence-corrected chi connectivity index (χ2v) is 13.8. The van der Waals surface area contributed by atoms with E-state index < -0.39 is 22.8 Å². The fourth-order valence-corrected chi connectivity index (χ4v) is 7.22. The van der Waals surface area contributed by atoms with Crippen LogP contribution in [-0.2, 0) is 38.6 Å². The van der Waals surface area contributed by atoms with Gasteiger partial charge in [0.2, 0.25) is 0 Å². The highest BCUT2D eigenvalue weighted by Gasteiger charge is 2.33. The summed E-state index contributed by atoms with van der Waals surface area (Å²) in [4.78, 5) is 0. The zero-order valence-corrected chi connectivity index (χ0v) is 31.6. The van der Waals surface area contributed by atoms with Gasteiger partial charge in [0, 0.05) is 52.4 Å². The van der Waals surface area contributed by atoms with Gasteiger partial charge in [-0.05, 0) is 117 Å². The first kappa shape index (κ1) is 39.7. The van der Waals surface area contributed by atoms with E-state index in [1.165, 1.54) is 48.5 Å². The molecule has 2 unspecified atom stereocenters. The van der Waals surface area contributed by atoms with Crippen LogP contribution in [-0.4, -0.2) is 27.4 Å². The van der Waals surface area contributed by atoms with Gasteiger partial charge >= 0.3 is 0 Å². The summed E-state index contributed by atoms with van der Waals surface area (Å²) in [6.45, 7) is 4.90. The number of rotatable bonds is 18. The molecule has 0 amide bonds. The van der Waals surface area contributed by atoms with Crippen molar-refractivity contribution in [2.24, 2.45) is 0 Å². The lowest BCUT2D eigenvalue weighted by atomic mass is 9.87. The van der Waals surface area contributed by atoms with Crippen LogP contribution in [0.2, 0.25) is 0 Å². The minimum Gasteiger partial charge on any atom is -0.489 e. The third kappa shape index (κ3) is 9.47. The number of ether oxygens (including phenoxy) is 5. The lowest BCUT2D eigenvalue weighted by Crippen LogP contribution is -2.31. The van der Waals surface area contributed by atoms with Crippen LogP contribution in [0.15, 0.2) is 109 Å². The maximum Gasteiger partial charge on any atom is 0.127 e. The molecule has 0 aliphatic rings. The van der Waals surface area contributed by atoms with Crippen molar-refractivity contribution in [1.29, 1.82) is 0 Å². The zero-order chi connectivity index (χ0) is 39.0. The van der Waals surface area contributed by atoms with Crippen molar-refractivity contribution in [2.75, 3.05) is 27.4 Å². The summed E-state index contributed by atoms with van der Waals surface area (Å²) >= 11 is 0. The molecule has 0 bridgehead atoms. The highest BCUT2D eigenvalue weighted by atomic mass is 19.1. The molecule has 0 heterocycles. The molecule has 0 radical (unpaired) electrons. The Morgan fingerprint density at radius 3 is 1.27 bits per heavy atom. The van der Waals surface area contributed by atoms with E-state index in [1.807, 2.05) is 50.2 Å². The Balaban J connectivity index is 1.08. The highest BCUT2D eigenvalue weighted by Crippen LogP contribution is 2.38. The largest absolute Gasteiger partial charge is 0.489 e. The Morgan fingerprint density at radius 1 is 0.455 bits per heavy atom. The molecule has 0 aliphatic carbocycles. The van der Waals surface area contributed by atoms with Crippen molar-refractivity contribution in [3.63, 3.8) is 0 Å². The molecule has 6 aromatic rings. The Hall–Kier alpha value is -4.96.